The summed E-state index contributed by atoms with van der Waals surface area (Å²) in [6.45, 7) is 2.18. The highest BCUT2D eigenvalue weighted by Gasteiger charge is 2.15. The average Bonchev–Trinajstić information content (AvgIpc) is 2.46. The van der Waals surface area contributed by atoms with Gasteiger partial charge in [-0.3, -0.25) is 10.6 Å². The van der Waals surface area contributed by atoms with E-state index in [1.807, 2.05) is 0 Å². The van der Waals surface area contributed by atoms with Crippen molar-refractivity contribution in [3.8, 4) is 0 Å². The number of hydrogen-bond acceptors (Lipinski definition) is 5. The fourth-order valence-corrected chi connectivity index (χ4v) is 1.68. The summed E-state index contributed by atoms with van der Waals surface area (Å²) in [7, 11) is 0. The maximum absolute atomic E-state index is 11.8. The number of benzene rings is 1. The van der Waals surface area contributed by atoms with Gasteiger partial charge in [-0.1, -0.05) is 0 Å². The minimum absolute atomic E-state index is 0.0623. The molecule has 0 aromatic heterocycles. The van der Waals surface area contributed by atoms with Gasteiger partial charge in [-0.15, -0.1) is 0 Å². The Morgan fingerprint density at radius 1 is 1.33 bits per heavy atom. The summed E-state index contributed by atoms with van der Waals surface area (Å²) in [5.41, 5.74) is 3.86. The van der Waals surface area contributed by atoms with Gasteiger partial charge in [0.05, 0.1) is 25.9 Å². The molecule has 0 spiro atoms. The van der Waals surface area contributed by atoms with E-state index in [2.05, 4.69) is 10.7 Å². The Hall–Kier alpha value is -1.63. The maximum Gasteiger partial charge on any atom is 0.251 e. The molecule has 6 heteroatoms. The third kappa shape index (κ3) is 3.43. The fraction of sp³-hybridized carbons (Fsp3) is 0.417. The van der Waals surface area contributed by atoms with Gasteiger partial charge in [0.15, 0.2) is 0 Å². The number of nitrogens with one attached hydrogen (secondary N) is 2. The van der Waals surface area contributed by atoms with Crippen LogP contribution in [0.2, 0.25) is 0 Å². The van der Waals surface area contributed by atoms with Gasteiger partial charge in [-0.2, -0.15) is 0 Å². The molecule has 2 rings (SSSR count). The van der Waals surface area contributed by atoms with Crippen LogP contribution in [0.5, 0.6) is 0 Å². The van der Waals surface area contributed by atoms with Gasteiger partial charge in [0.1, 0.15) is 0 Å². The minimum Gasteiger partial charge on any atom is -0.376 e. The smallest absolute Gasteiger partial charge is 0.251 e. The third-order valence-electron chi connectivity index (χ3n) is 2.69. The van der Waals surface area contributed by atoms with E-state index in [4.69, 9.17) is 15.3 Å². The summed E-state index contributed by atoms with van der Waals surface area (Å²) >= 11 is 0. The van der Waals surface area contributed by atoms with E-state index in [-0.39, 0.29) is 12.0 Å². The minimum atomic E-state index is -0.132. The van der Waals surface area contributed by atoms with Crippen LogP contribution in [-0.2, 0) is 9.47 Å². The number of rotatable bonds is 4. The standard InChI is InChI=1S/C12H17N3O3/c13-15-10-3-1-9(2-4-10)12(16)14-7-11-8-17-5-6-18-11/h1-4,11,15H,5-8,13H2,(H,14,16). The Morgan fingerprint density at radius 3 is 2.72 bits per heavy atom. The van der Waals surface area contributed by atoms with E-state index in [9.17, 15) is 4.79 Å². The lowest BCUT2D eigenvalue weighted by atomic mass is 10.2. The molecular weight excluding hydrogens is 234 g/mol. The normalized spacial score (nSPS) is 19.3. The molecule has 1 amide bonds. The Kier molecular flexibility index (Phi) is 4.52. The van der Waals surface area contributed by atoms with Crippen molar-refractivity contribution in [1.82, 2.24) is 5.32 Å². The van der Waals surface area contributed by atoms with Crippen molar-refractivity contribution in [1.29, 1.82) is 0 Å². The van der Waals surface area contributed by atoms with Crippen molar-refractivity contribution in [3.05, 3.63) is 29.8 Å². The second-order valence-corrected chi connectivity index (χ2v) is 4.00. The molecule has 1 aliphatic heterocycles. The number of anilines is 1. The molecule has 0 bridgehead atoms. The molecule has 98 valence electrons. The number of hydrazine groups is 1. The molecule has 1 aromatic rings. The Bertz CT molecular complexity index is 388. The van der Waals surface area contributed by atoms with Gasteiger partial charge >= 0.3 is 0 Å². The number of ether oxygens (including phenoxy) is 2. The van der Waals surface area contributed by atoms with Gasteiger partial charge in [0.25, 0.3) is 5.91 Å². The van der Waals surface area contributed by atoms with Crippen LogP contribution < -0.4 is 16.6 Å². The number of carbonyl (C=O) groups excluding carboxylic acids is 1. The molecule has 0 radical (unpaired) electrons. The number of nitrogens with two attached hydrogens (primary N) is 1. The lowest BCUT2D eigenvalue weighted by Gasteiger charge is -2.23. The van der Waals surface area contributed by atoms with Gasteiger partial charge in [0, 0.05) is 17.8 Å². The number of nitrogen functional groups attached to an aromatic ring is 1. The van der Waals surface area contributed by atoms with E-state index in [0.29, 0.717) is 31.9 Å². The first-order valence-corrected chi connectivity index (χ1v) is 5.84. The van der Waals surface area contributed by atoms with E-state index in [1.54, 1.807) is 24.3 Å². The molecule has 1 heterocycles. The molecule has 1 saturated heterocycles. The van der Waals surface area contributed by atoms with Crippen LogP contribution in [0.4, 0.5) is 5.69 Å². The van der Waals surface area contributed by atoms with E-state index < -0.39 is 0 Å². The summed E-state index contributed by atoms with van der Waals surface area (Å²) in [6, 6.07) is 6.91. The summed E-state index contributed by atoms with van der Waals surface area (Å²) in [5.74, 6) is 5.12. The molecule has 4 N–H and O–H groups in total. The van der Waals surface area contributed by atoms with E-state index >= 15 is 0 Å². The highest BCUT2D eigenvalue weighted by molar-refractivity contribution is 5.94. The van der Waals surface area contributed by atoms with Crippen LogP contribution in [-0.4, -0.2) is 38.4 Å². The number of amides is 1. The second-order valence-electron chi connectivity index (χ2n) is 4.00. The van der Waals surface area contributed by atoms with Crippen LogP contribution >= 0.6 is 0 Å². The first-order chi connectivity index (χ1) is 8.79. The monoisotopic (exact) mass is 251 g/mol. The molecule has 6 nitrogen and oxygen atoms in total. The van der Waals surface area contributed by atoms with Crippen molar-refractivity contribution < 1.29 is 14.3 Å². The van der Waals surface area contributed by atoms with Crippen LogP contribution in [0, 0.1) is 0 Å². The Morgan fingerprint density at radius 2 is 2.11 bits per heavy atom. The van der Waals surface area contributed by atoms with Crippen molar-refractivity contribution >= 4 is 11.6 Å². The lowest BCUT2D eigenvalue weighted by Crippen LogP contribution is -2.39. The summed E-state index contributed by atoms with van der Waals surface area (Å²) in [6.07, 6.45) is -0.0623. The molecule has 0 saturated carbocycles. The van der Waals surface area contributed by atoms with Crippen molar-refractivity contribution in [2.24, 2.45) is 5.84 Å². The fourth-order valence-electron chi connectivity index (χ4n) is 1.68. The molecular formula is C12H17N3O3. The van der Waals surface area contributed by atoms with Crippen molar-refractivity contribution in [2.75, 3.05) is 31.8 Å². The Labute approximate surface area is 105 Å². The van der Waals surface area contributed by atoms with Gasteiger partial charge in [0.2, 0.25) is 0 Å². The molecule has 1 aliphatic rings. The zero-order valence-corrected chi connectivity index (χ0v) is 10.0. The van der Waals surface area contributed by atoms with Gasteiger partial charge in [-0.05, 0) is 24.3 Å². The van der Waals surface area contributed by atoms with E-state index in [0.717, 1.165) is 5.69 Å². The highest BCUT2D eigenvalue weighted by atomic mass is 16.6. The largest absolute Gasteiger partial charge is 0.376 e. The number of carbonyl (C=O) groups is 1. The summed E-state index contributed by atoms with van der Waals surface area (Å²) in [4.78, 5) is 11.8. The zero-order valence-electron chi connectivity index (χ0n) is 10.0. The molecule has 18 heavy (non-hydrogen) atoms. The van der Waals surface area contributed by atoms with E-state index in [1.165, 1.54) is 0 Å². The average molecular weight is 251 g/mol. The maximum atomic E-state index is 11.8. The number of hydrogen-bond donors (Lipinski definition) is 3. The first kappa shape index (κ1) is 12.8. The topological polar surface area (TPSA) is 85.6 Å². The first-order valence-electron chi connectivity index (χ1n) is 5.84. The molecule has 1 aromatic carbocycles. The SMILES string of the molecule is NNc1ccc(C(=O)NCC2COCCO2)cc1. The molecule has 1 unspecified atom stereocenters. The zero-order chi connectivity index (χ0) is 12.8. The molecule has 0 aliphatic carbocycles. The van der Waals surface area contributed by atoms with Crippen LogP contribution in [0.15, 0.2) is 24.3 Å². The second kappa shape index (κ2) is 6.34. The summed E-state index contributed by atoms with van der Waals surface area (Å²) < 4.78 is 10.7. The van der Waals surface area contributed by atoms with Crippen molar-refractivity contribution in [3.63, 3.8) is 0 Å². The predicted molar refractivity (Wildman–Crippen MR) is 67.1 cm³/mol. The lowest BCUT2D eigenvalue weighted by molar-refractivity contribution is -0.0855. The van der Waals surface area contributed by atoms with Crippen LogP contribution in [0.1, 0.15) is 10.4 Å². The molecule has 1 atom stereocenters. The summed E-state index contributed by atoms with van der Waals surface area (Å²) in [5, 5.41) is 2.81. The predicted octanol–water partition coefficient (Wildman–Crippen LogP) is 0.117. The highest BCUT2D eigenvalue weighted by Crippen LogP contribution is 2.08. The van der Waals surface area contributed by atoms with Crippen LogP contribution in [0.3, 0.4) is 0 Å². The van der Waals surface area contributed by atoms with Gasteiger partial charge in [-0.25, -0.2) is 0 Å². The third-order valence-corrected chi connectivity index (χ3v) is 2.69. The Balaban J connectivity index is 1.82. The molecule has 1 fully saturated rings. The van der Waals surface area contributed by atoms with Gasteiger partial charge < -0.3 is 20.2 Å². The van der Waals surface area contributed by atoms with Crippen LogP contribution in [0.25, 0.3) is 0 Å². The van der Waals surface area contributed by atoms with Crippen molar-refractivity contribution in [2.45, 2.75) is 6.10 Å². The quantitative estimate of drug-likeness (QED) is 0.522.